The number of nitrogens with two attached hydrogens (primary N) is 1. The molecule has 0 aromatic heterocycles. The molecular formula is C21H47N2O10P. The van der Waals surface area contributed by atoms with Gasteiger partial charge < -0.3 is 46.7 Å². The molecule has 0 aromatic rings. The maximum Gasteiger partial charge on any atom is 0.472 e. The summed E-state index contributed by atoms with van der Waals surface area (Å²) in [5.41, 5.74) is 5.71. The Morgan fingerprint density at radius 2 is 1.38 bits per heavy atom. The molecule has 1 saturated carbocycles. The van der Waals surface area contributed by atoms with E-state index < -0.39 is 50.5 Å². The number of phosphoric acid groups is 1. The lowest BCUT2D eigenvalue weighted by Gasteiger charge is -2.42. The Kier molecular flexibility index (Phi) is 18.0. The Morgan fingerprint density at radius 3 is 1.97 bits per heavy atom. The molecule has 1 fully saturated rings. The van der Waals surface area contributed by atoms with Gasteiger partial charge in [-0.25, -0.2) is 4.57 Å². The van der Waals surface area contributed by atoms with Crippen LogP contribution in [-0.4, -0.2) is 94.4 Å². The first-order chi connectivity index (χ1) is 15.6. The third-order valence-corrected chi connectivity index (χ3v) is 6.62. The van der Waals surface area contributed by atoms with Gasteiger partial charge >= 0.3 is 7.82 Å². The second-order valence-electron chi connectivity index (χ2n) is 8.56. The molecule has 0 saturated heterocycles. The minimum Gasteiger partial charge on any atom is -0.389 e. The third kappa shape index (κ3) is 12.2. The van der Waals surface area contributed by atoms with Gasteiger partial charge in [-0.05, 0) is 12.8 Å². The fourth-order valence-electron chi connectivity index (χ4n) is 3.51. The molecule has 0 radical (unpaired) electrons. The first-order valence-corrected chi connectivity index (χ1v) is 13.5. The Balaban J connectivity index is 0.0000109. The number of phosphoric ester groups is 1. The molecule has 8 atom stereocenters. The molecule has 0 aliphatic heterocycles. The topological polar surface area (TPSA) is 216 Å². The molecule has 1 unspecified atom stereocenters. The Morgan fingerprint density at radius 1 is 0.824 bits per heavy atom. The van der Waals surface area contributed by atoms with Crippen molar-refractivity contribution in [2.75, 3.05) is 26.4 Å². The predicted molar refractivity (Wildman–Crippen MR) is 127 cm³/mol. The SMILES string of the molecule is CCCCCCOC[C@@H](COP(=O)(O)O[C@@H]1[C@H](N)[C@H](O)[C@@H](O)[C@H](O)[C@H]1O)OCCCCCC.N. The van der Waals surface area contributed by atoms with Crippen molar-refractivity contribution in [2.24, 2.45) is 5.73 Å². The summed E-state index contributed by atoms with van der Waals surface area (Å²) in [4.78, 5) is 10.1. The van der Waals surface area contributed by atoms with Crippen LogP contribution in [0.1, 0.15) is 65.2 Å². The minimum absolute atomic E-state index is 0. The van der Waals surface area contributed by atoms with E-state index in [1.54, 1.807) is 0 Å². The highest BCUT2D eigenvalue weighted by molar-refractivity contribution is 7.47. The van der Waals surface area contributed by atoms with E-state index in [0.29, 0.717) is 13.2 Å². The van der Waals surface area contributed by atoms with Gasteiger partial charge in [-0.15, -0.1) is 0 Å². The van der Waals surface area contributed by atoms with Crippen molar-refractivity contribution in [3.05, 3.63) is 0 Å². The van der Waals surface area contributed by atoms with E-state index in [1.807, 2.05) is 0 Å². The highest BCUT2D eigenvalue weighted by Gasteiger charge is 2.50. The lowest BCUT2D eigenvalue weighted by atomic mass is 9.84. The van der Waals surface area contributed by atoms with Crippen molar-refractivity contribution in [3.63, 3.8) is 0 Å². The Labute approximate surface area is 202 Å². The van der Waals surface area contributed by atoms with Crippen molar-refractivity contribution in [2.45, 2.75) is 108 Å². The summed E-state index contributed by atoms with van der Waals surface area (Å²) in [6, 6.07) is -1.42. The van der Waals surface area contributed by atoms with Gasteiger partial charge in [-0.1, -0.05) is 52.4 Å². The summed E-state index contributed by atoms with van der Waals surface area (Å²) in [6.45, 7) is 5.10. The molecule has 10 N–H and O–H groups in total. The van der Waals surface area contributed by atoms with Crippen LogP contribution in [-0.2, 0) is 23.1 Å². The standard InChI is InChI=1S/C21H44NO10P.H3N/c1-3-5-7-9-11-29-13-15(30-12-10-8-6-4-2)14-31-33(27,28)32-21-16(22)17(23)18(24)19(25)20(21)26;/h15-21,23-26H,3-14,22H2,1-2H3,(H,27,28);1H3/t15-,16+,17-,18+,19-,20+,21+;/m0./s1. The molecule has 1 aliphatic rings. The average Bonchev–Trinajstić information content (AvgIpc) is 2.79. The molecule has 1 rings (SSSR count). The molecule has 206 valence electrons. The normalized spacial score (nSPS) is 29.9. The van der Waals surface area contributed by atoms with Crippen LogP contribution in [0.2, 0.25) is 0 Å². The minimum atomic E-state index is -4.75. The first kappa shape index (κ1) is 33.8. The maximum atomic E-state index is 12.5. The second-order valence-corrected chi connectivity index (χ2v) is 9.97. The van der Waals surface area contributed by atoms with Gasteiger partial charge in [0.15, 0.2) is 0 Å². The van der Waals surface area contributed by atoms with Gasteiger partial charge in [-0.2, -0.15) is 0 Å². The van der Waals surface area contributed by atoms with Crippen molar-refractivity contribution >= 4 is 7.82 Å². The third-order valence-electron chi connectivity index (χ3n) is 5.64. The average molecular weight is 519 g/mol. The van der Waals surface area contributed by atoms with Gasteiger partial charge in [0.25, 0.3) is 0 Å². The van der Waals surface area contributed by atoms with Crippen LogP contribution in [0.4, 0.5) is 0 Å². The van der Waals surface area contributed by atoms with Crippen molar-refractivity contribution in [1.82, 2.24) is 6.15 Å². The highest BCUT2D eigenvalue weighted by Crippen LogP contribution is 2.46. The largest absolute Gasteiger partial charge is 0.472 e. The fraction of sp³-hybridized carbons (Fsp3) is 1.00. The van der Waals surface area contributed by atoms with Crippen LogP contribution in [0.5, 0.6) is 0 Å². The van der Waals surface area contributed by atoms with Crippen molar-refractivity contribution < 1.29 is 48.4 Å². The number of ether oxygens (including phenoxy) is 2. The van der Waals surface area contributed by atoms with E-state index in [-0.39, 0.29) is 19.4 Å². The molecule has 0 bridgehead atoms. The van der Waals surface area contributed by atoms with Crippen LogP contribution in [0.3, 0.4) is 0 Å². The zero-order valence-electron chi connectivity index (χ0n) is 20.5. The number of hydrogen-bond donors (Lipinski definition) is 7. The van der Waals surface area contributed by atoms with Gasteiger partial charge in [-0.3, -0.25) is 9.05 Å². The quantitative estimate of drug-likeness (QED) is 0.0998. The van der Waals surface area contributed by atoms with Gasteiger partial charge in [0.1, 0.15) is 36.6 Å². The molecule has 0 aromatic carbocycles. The van der Waals surface area contributed by atoms with Crippen LogP contribution >= 0.6 is 7.82 Å². The van der Waals surface area contributed by atoms with Gasteiger partial charge in [0, 0.05) is 13.2 Å². The van der Waals surface area contributed by atoms with E-state index in [1.165, 1.54) is 0 Å². The van der Waals surface area contributed by atoms with Crippen LogP contribution in [0.25, 0.3) is 0 Å². The summed E-state index contributed by atoms with van der Waals surface area (Å²) in [7, 11) is -4.75. The van der Waals surface area contributed by atoms with E-state index in [9.17, 15) is 29.9 Å². The summed E-state index contributed by atoms with van der Waals surface area (Å²) < 4.78 is 33.9. The molecule has 0 spiro atoms. The number of aliphatic hydroxyl groups is 4. The van der Waals surface area contributed by atoms with E-state index in [0.717, 1.165) is 51.4 Å². The molecule has 13 heteroatoms. The molecule has 1 aliphatic carbocycles. The molecular weight excluding hydrogens is 471 g/mol. The molecule has 34 heavy (non-hydrogen) atoms. The van der Waals surface area contributed by atoms with Crippen LogP contribution < -0.4 is 11.9 Å². The van der Waals surface area contributed by atoms with Crippen molar-refractivity contribution in [3.8, 4) is 0 Å². The van der Waals surface area contributed by atoms with Gasteiger partial charge in [0.2, 0.25) is 0 Å². The van der Waals surface area contributed by atoms with E-state index >= 15 is 0 Å². The van der Waals surface area contributed by atoms with Crippen LogP contribution in [0.15, 0.2) is 0 Å². The summed E-state index contributed by atoms with van der Waals surface area (Å²) >= 11 is 0. The number of hydrogen-bond acceptors (Lipinski definition) is 11. The van der Waals surface area contributed by atoms with Gasteiger partial charge in [0.05, 0.1) is 19.3 Å². The second kappa shape index (κ2) is 18.1. The zero-order valence-corrected chi connectivity index (χ0v) is 21.4. The first-order valence-electron chi connectivity index (χ1n) is 12.0. The summed E-state index contributed by atoms with van der Waals surface area (Å²) in [5, 5.41) is 39.4. The summed E-state index contributed by atoms with van der Waals surface area (Å²) in [5.74, 6) is 0. The fourth-order valence-corrected chi connectivity index (χ4v) is 4.50. The molecule has 12 nitrogen and oxygen atoms in total. The number of unbranched alkanes of at least 4 members (excludes halogenated alkanes) is 6. The predicted octanol–water partition coefficient (Wildman–Crippen LogP) is 0.998. The number of rotatable bonds is 18. The van der Waals surface area contributed by atoms with Crippen molar-refractivity contribution in [1.29, 1.82) is 0 Å². The highest BCUT2D eigenvalue weighted by atomic mass is 31.2. The monoisotopic (exact) mass is 518 g/mol. The Bertz CT molecular complexity index is 546. The lowest BCUT2D eigenvalue weighted by Crippen LogP contribution is -2.66. The maximum absolute atomic E-state index is 12.5. The lowest BCUT2D eigenvalue weighted by molar-refractivity contribution is -0.182. The molecule has 0 heterocycles. The zero-order chi connectivity index (χ0) is 24.9. The van der Waals surface area contributed by atoms with Crippen LogP contribution in [0, 0.1) is 0 Å². The van der Waals surface area contributed by atoms with E-state index in [2.05, 4.69) is 13.8 Å². The number of aliphatic hydroxyl groups excluding tert-OH is 4. The smallest absolute Gasteiger partial charge is 0.389 e. The van der Waals surface area contributed by atoms with E-state index in [4.69, 9.17) is 24.3 Å². The summed E-state index contributed by atoms with van der Waals surface area (Å²) in [6.07, 6.45) is -0.941. The molecule has 0 amide bonds. The Hall–Kier alpha value is -0.210.